The van der Waals surface area contributed by atoms with E-state index >= 15 is 0 Å². The van der Waals surface area contributed by atoms with Crippen LogP contribution in [0.5, 0.6) is 5.75 Å². The Kier molecular flexibility index (Phi) is 4.14. The molecule has 0 aliphatic heterocycles. The topological polar surface area (TPSA) is 52.3 Å². The first-order chi connectivity index (χ1) is 8.92. The van der Waals surface area contributed by atoms with Crippen LogP contribution in [0.15, 0.2) is 24.3 Å². The van der Waals surface area contributed by atoms with E-state index in [0.29, 0.717) is 0 Å². The number of rotatable bonds is 3. The van der Waals surface area contributed by atoms with Crippen molar-refractivity contribution in [3.05, 3.63) is 29.3 Å². The first kappa shape index (κ1) is 16.4. The molecule has 0 aliphatic rings. The number of benzene rings is 1. The third kappa shape index (κ3) is 2.77. The molecule has 1 aromatic rings. The number of ether oxygens (including phenoxy) is 1. The van der Waals surface area contributed by atoms with E-state index in [1.54, 1.807) is 0 Å². The SMILES string of the molecule is NC(=O)C(Oc1ccc(Cl)cc1)(C(F)(F)F)C(F)(F)F. The van der Waals surface area contributed by atoms with E-state index < -0.39 is 29.6 Å². The minimum absolute atomic E-state index is 0.0565. The zero-order valence-corrected chi connectivity index (χ0v) is 10.1. The van der Waals surface area contributed by atoms with Crippen molar-refractivity contribution in [1.29, 1.82) is 0 Å². The fourth-order valence-electron chi connectivity index (χ4n) is 1.29. The van der Waals surface area contributed by atoms with Gasteiger partial charge in [-0.05, 0) is 24.3 Å². The van der Waals surface area contributed by atoms with Crippen molar-refractivity contribution >= 4 is 17.5 Å². The van der Waals surface area contributed by atoms with Crippen LogP contribution in [-0.2, 0) is 4.79 Å². The van der Waals surface area contributed by atoms with Gasteiger partial charge in [-0.3, -0.25) is 4.79 Å². The number of amides is 1. The first-order valence-electron chi connectivity index (χ1n) is 4.80. The molecule has 3 nitrogen and oxygen atoms in total. The molecular formula is C10H6ClF6NO2. The quantitative estimate of drug-likeness (QED) is 0.870. The molecule has 1 rings (SSSR count). The molecule has 0 heterocycles. The fourth-order valence-corrected chi connectivity index (χ4v) is 1.41. The Labute approximate surface area is 113 Å². The highest BCUT2D eigenvalue weighted by atomic mass is 35.5. The van der Waals surface area contributed by atoms with Crippen molar-refractivity contribution < 1.29 is 35.9 Å². The third-order valence-corrected chi connectivity index (χ3v) is 2.48. The van der Waals surface area contributed by atoms with Crippen LogP contribution in [0.1, 0.15) is 0 Å². The Hall–Kier alpha value is -1.64. The summed E-state index contributed by atoms with van der Waals surface area (Å²) in [6.45, 7) is 0. The van der Waals surface area contributed by atoms with Crippen LogP contribution in [0.25, 0.3) is 0 Å². The molecule has 0 spiro atoms. The molecule has 2 N–H and O–H groups in total. The van der Waals surface area contributed by atoms with Gasteiger partial charge < -0.3 is 10.5 Å². The maximum atomic E-state index is 12.7. The van der Waals surface area contributed by atoms with E-state index in [2.05, 4.69) is 10.5 Å². The zero-order chi connectivity index (χ0) is 15.8. The van der Waals surface area contributed by atoms with Gasteiger partial charge in [-0.25, -0.2) is 0 Å². The van der Waals surface area contributed by atoms with Crippen LogP contribution in [0.3, 0.4) is 0 Å². The van der Waals surface area contributed by atoms with E-state index in [0.717, 1.165) is 24.3 Å². The second-order valence-corrected chi connectivity index (χ2v) is 4.03. The number of hydrogen-bond donors (Lipinski definition) is 1. The summed E-state index contributed by atoms with van der Waals surface area (Å²) in [6, 6.07) is 3.49. The number of nitrogens with two attached hydrogens (primary N) is 1. The Morgan fingerprint density at radius 3 is 1.70 bits per heavy atom. The Balaban J connectivity index is 3.38. The normalized spacial score (nSPS) is 13.2. The summed E-state index contributed by atoms with van der Waals surface area (Å²) in [6.07, 6.45) is -12.2. The van der Waals surface area contributed by atoms with Crippen molar-refractivity contribution in [2.45, 2.75) is 18.0 Å². The van der Waals surface area contributed by atoms with Crippen molar-refractivity contribution in [1.82, 2.24) is 0 Å². The lowest BCUT2D eigenvalue weighted by Crippen LogP contribution is -2.68. The average molecular weight is 322 g/mol. The Morgan fingerprint density at radius 2 is 1.40 bits per heavy atom. The van der Waals surface area contributed by atoms with Gasteiger partial charge in [0, 0.05) is 5.02 Å². The molecule has 1 amide bonds. The van der Waals surface area contributed by atoms with Gasteiger partial charge in [0.05, 0.1) is 0 Å². The molecule has 10 heteroatoms. The summed E-state index contributed by atoms with van der Waals surface area (Å²) in [5.41, 5.74) is -0.839. The van der Waals surface area contributed by atoms with E-state index in [1.807, 2.05) is 0 Å². The number of carbonyl (C=O) groups is 1. The monoisotopic (exact) mass is 321 g/mol. The van der Waals surface area contributed by atoms with Crippen molar-refractivity contribution in [2.75, 3.05) is 0 Å². The van der Waals surface area contributed by atoms with Gasteiger partial charge in [0.25, 0.3) is 5.91 Å². The Bertz CT molecular complexity index is 482. The van der Waals surface area contributed by atoms with E-state index in [4.69, 9.17) is 11.6 Å². The lowest BCUT2D eigenvalue weighted by molar-refractivity contribution is -0.339. The van der Waals surface area contributed by atoms with Crippen LogP contribution in [-0.4, -0.2) is 23.9 Å². The summed E-state index contributed by atoms with van der Waals surface area (Å²) < 4.78 is 80.2. The number of hydrogen-bond acceptors (Lipinski definition) is 2. The molecule has 0 atom stereocenters. The van der Waals surface area contributed by atoms with Crippen molar-refractivity contribution in [2.24, 2.45) is 5.73 Å². The van der Waals surface area contributed by atoms with Crippen LogP contribution >= 0.6 is 11.6 Å². The second kappa shape index (κ2) is 5.04. The fraction of sp³-hybridized carbons (Fsp3) is 0.300. The largest absolute Gasteiger partial charge is 0.461 e. The standard InChI is InChI=1S/C10H6ClF6NO2/c11-5-1-3-6(4-2-5)20-8(7(18)19,9(12,13)14)10(15,16)17/h1-4H,(H2,18,19). The minimum atomic E-state index is -6.09. The first-order valence-corrected chi connectivity index (χ1v) is 5.17. The van der Waals surface area contributed by atoms with E-state index in [9.17, 15) is 31.1 Å². The van der Waals surface area contributed by atoms with Gasteiger partial charge in [0.1, 0.15) is 5.75 Å². The second-order valence-electron chi connectivity index (χ2n) is 3.60. The number of primary amides is 1. The number of halogens is 7. The smallest absolute Gasteiger partial charge is 0.447 e. The summed E-state index contributed by atoms with van der Waals surface area (Å²) in [4.78, 5) is 10.8. The molecule has 1 aromatic carbocycles. The molecule has 0 aromatic heterocycles. The maximum Gasteiger partial charge on any atom is 0.447 e. The third-order valence-electron chi connectivity index (χ3n) is 2.23. The summed E-state index contributed by atoms with van der Waals surface area (Å²) in [5, 5.41) is 0.0565. The molecule has 0 radical (unpaired) electrons. The lowest BCUT2D eigenvalue weighted by Gasteiger charge is -2.34. The Morgan fingerprint density at radius 1 is 1.00 bits per heavy atom. The molecular weight excluding hydrogens is 316 g/mol. The van der Waals surface area contributed by atoms with Gasteiger partial charge in [-0.15, -0.1) is 0 Å². The summed E-state index contributed by atoms with van der Waals surface area (Å²) in [7, 11) is 0. The zero-order valence-electron chi connectivity index (χ0n) is 9.35. The van der Waals surface area contributed by atoms with Crippen molar-refractivity contribution in [3.63, 3.8) is 0 Å². The lowest BCUT2D eigenvalue weighted by atomic mass is 10.0. The molecule has 0 unspecified atom stereocenters. The van der Waals surface area contributed by atoms with Gasteiger partial charge in [-0.2, -0.15) is 26.3 Å². The summed E-state index contributed by atoms with van der Waals surface area (Å²) >= 11 is 5.43. The van der Waals surface area contributed by atoms with E-state index in [1.165, 1.54) is 0 Å². The minimum Gasteiger partial charge on any atom is -0.461 e. The predicted octanol–water partition coefficient (Wildman–Crippen LogP) is 3.07. The average Bonchev–Trinajstić information content (AvgIpc) is 2.24. The van der Waals surface area contributed by atoms with Crippen molar-refractivity contribution in [3.8, 4) is 5.75 Å². The highest BCUT2D eigenvalue weighted by molar-refractivity contribution is 6.30. The molecule has 20 heavy (non-hydrogen) atoms. The maximum absolute atomic E-state index is 12.7. The number of alkyl halides is 6. The molecule has 0 bridgehead atoms. The van der Waals surface area contributed by atoms with Gasteiger partial charge in [0.15, 0.2) is 0 Å². The highest BCUT2D eigenvalue weighted by Gasteiger charge is 2.78. The van der Waals surface area contributed by atoms with Crippen LogP contribution in [0.2, 0.25) is 5.02 Å². The van der Waals surface area contributed by atoms with Crippen LogP contribution in [0.4, 0.5) is 26.3 Å². The van der Waals surface area contributed by atoms with Gasteiger partial charge in [-0.1, -0.05) is 11.6 Å². The van der Waals surface area contributed by atoms with Crippen LogP contribution in [0, 0.1) is 0 Å². The summed E-state index contributed by atoms with van der Waals surface area (Å²) in [5.74, 6) is -3.57. The predicted molar refractivity (Wildman–Crippen MR) is 56.1 cm³/mol. The highest BCUT2D eigenvalue weighted by Crippen LogP contribution is 2.46. The van der Waals surface area contributed by atoms with Crippen LogP contribution < -0.4 is 10.5 Å². The van der Waals surface area contributed by atoms with Gasteiger partial charge in [0.2, 0.25) is 0 Å². The van der Waals surface area contributed by atoms with Gasteiger partial charge >= 0.3 is 18.0 Å². The molecule has 112 valence electrons. The molecule has 0 saturated heterocycles. The molecule has 0 aliphatic carbocycles. The molecule has 0 fully saturated rings. The number of carbonyl (C=O) groups excluding carboxylic acids is 1. The molecule has 0 saturated carbocycles. The van der Waals surface area contributed by atoms with E-state index in [-0.39, 0.29) is 5.02 Å².